The lowest BCUT2D eigenvalue weighted by atomic mass is 9.98. The molecule has 0 aliphatic carbocycles. The van der Waals surface area contributed by atoms with Gasteiger partial charge in [0.05, 0.1) is 5.69 Å². The van der Waals surface area contributed by atoms with Gasteiger partial charge in [-0.1, -0.05) is 5.16 Å². The van der Waals surface area contributed by atoms with Gasteiger partial charge < -0.3 is 10.3 Å². The topological polar surface area (TPSA) is 55.3 Å². The fourth-order valence-electron chi connectivity index (χ4n) is 2.21. The maximum absolute atomic E-state index is 5.70. The van der Waals surface area contributed by atoms with Crippen LogP contribution in [0.5, 0.6) is 0 Å². The number of nitrogens with zero attached hydrogens (tertiary/aromatic N) is 2. The molecule has 1 saturated heterocycles. The molecule has 2 heterocycles. The van der Waals surface area contributed by atoms with E-state index in [-0.39, 0.29) is 12.4 Å². The average Bonchev–Trinajstić information content (AvgIpc) is 2.64. The molecule has 2 N–H and O–H groups in total. The van der Waals surface area contributed by atoms with Gasteiger partial charge in [-0.3, -0.25) is 4.90 Å². The van der Waals surface area contributed by atoms with Gasteiger partial charge in [0.2, 0.25) is 0 Å². The van der Waals surface area contributed by atoms with E-state index in [1.807, 2.05) is 13.0 Å². The molecule has 0 saturated carbocycles. The Bertz CT molecular complexity index is 316. The lowest BCUT2D eigenvalue weighted by Crippen LogP contribution is -2.37. The molecule has 1 unspecified atom stereocenters. The van der Waals surface area contributed by atoms with Crippen LogP contribution in [0.4, 0.5) is 0 Å². The van der Waals surface area contributed by atoms with E-state index in [9.17, 15) is 0 Å². The molecule has 1 aromatic rings. The van der Waals surface area contributed by atoms with E-state index >= 15 is 0 Å². The highest BCUT2D eigenvalue weighted by Crippen LogP contribution is 2.17. The van der Waals surface area contributed by atoms with E-state index in [1.165, 1.54) is 12.8 Å². The largest absolute Gasteiger partial charge is 0.361 e. The van der Waals surface area contributed by atoms with E-state index in [2.05, 4.69) is 10.1 Å². The molecule has 0 aromatic carbocycles. The Labute approximate surface area is 103 Å². The molecule has 1 aliphatic rings. The van der Waals surface area contributed by atoms with Crippen molar-refractivity contribution in [2.24, 2.45) is 11.7 Å². The van der Waals surface area contributed by atoms with Crippen LogP contribution in [0.2, 0.25) is 0 Å². The highest BCUT2D eigenvalue weighted by atomic mass is 35.5. The highest BCUT2D eigenvalue weighted by Gasteiger charge is 2.19. The van der Waals surface area contributed by atoms with Crippen LogP contribution in [0, 0.1) is 12.8 Å². The lowest BCUT2D eigenvalue weighted by Gasteiger charge is -2.31. The smallest absolute Gasteiger partial charge is 0.133 e. The van der Waals surface area contributed by atoms with Crippen LogP contribution in [-0.2, 0) is 6.54 Å². The number of aryl methyl sites for hydroxylation is 1. The second kappa shape index (κ2) is 6.23. The summed E-state index contributed by atoms with van der Waals surface area (Å²) in [7, 11) is 0. The number of rotatable bonds is 3. The van der Waals surface area contributed by atoms with E-state index in [1.54, 1.807) is 0 Å². The molecule has 2 rings (SSSR count). The third-order valence-electron chi connectivity index (χ3n) is 3.00. The molecule has 0 amide bonds. The summed E-state index contributed by atoms with van der Waals surface area (Å²) in [4.78, 5) is 2.42. The van der Waals surface area contributed by atoms with Gasteiger partial charge in [-0.05, 0) is 38.8 Å². The van der Waals surface area contributed by atoms with Crippen LogP contribution in [0.25, 0.3) is 0 Å². The zero-order valence-corrected chi connectivity index (χ0v) is 10.5. The average molecular weight is 246 g/mol. The number of aromatic nitrogens is 1. The number of nitrogens with two attached hydrogens (primary N) is 1. The Kier molecular flexibility index (Phi) is 5.25. The van der Waals surface area contributed by atoms with E-state index in [0.29, 0.717) is 5.92 Å². The Morgan fingerprint density at radius 1 is 1.62 bits per heavy atom. The van der Waals surface area contributed by atoms with Gasteiger partial charge >= 0.3 is 0 Å². The maximum atomic E-state index is 5.70. The summed E-state index contributed by atoms with van der Waals surface area (Å²) in [5, 5.41) is 4.01. The fourth-order valence-corrected chi connectivity index (χ4v) is 2.21. The molecule has 1 atom stereocenters. The van der Waals surface area contributed by atoms with Crippen molar-refractivity contribution >= 4 is 12.4 Å². The molecular weight excluding hydrogens is 226 g/mol. The van der Waals surface area contributed by atoms with Gasteiger partial charge in [-0.15, -0.1) is 12.4 Å². The number of likely N-dealkylation sites (tertiary alicyclic amines) is 1. The molecule has 0 radical (unpaired) electrons. The van der Waals surface area contributed by atoms with E-state index in [0.717, 1.165) is 37.6 Å². The summed E-state index contributed by atoms with van der Waals surface area (Å²) in [6.45, 7) is 5.88. The van der Waals surface area contributed by atoms with Gasteiger partial charge in [0.15, 0.2) is 0 Å². The molecule has 0 bridgehead atoms. The first-order valence-electron chi connectivity index (χ1n) is 5.62. The van der Waals surface area contributed by atoms with E-state index < -0.39 is 0 Å². The van der Waals surface area contributed by atoms with Crippen LogP contribution < -0.4 is 5.73 Å². The SMILES string of the molecule is Cc1cc(CN2CCCC(CN)C2)no1.Cl. The quantitative estimate of drug-likeness (QED) is 0.879. The predicted octanol–water partition coefficient (Wildman–Crippen LogP) is 1.58. The molecule has 16 heavy (non-hydrogen) atoms. The van der Waals surface area contributed by atoms with Crippen LogP contribution in [0.1, 0.15) is 24.3 Å². The van der Waals surface area contributed by atoms with Crippen molar-refractivity contribution in [1.82, 2.24) is 10.1 Å². The Hall–Kier alpha value is -0.580. The zero-order chi connectivity index (χ0) is 10.7. The van der Waals surface area contributed by atoms with Gasteiger partial charge in [0, 0.05) is 19.2 Å². The Morgan fingerprint density at radius 3 is 3.06 bits per heavy atom. The summed E-state index contributed by atoms with van der Waals surface area (Å²) >= 11 is 0. The van der Waals surface area contributed by atoms with Crippen LogP contribution in [-0.4, -0.2) is 29.7 Å². The minimum Gasteiger partial charge on any atom is -0.361 e. The second-order valence-electron chi connectivity index (χ2n) is 4.41. The molecule has 5 heteroatoms. The zero-order valence-electron chi connectivity index (χ0n) is 9.69. The minimum absolute atomic E-state index is 0. The van der Waals surface area contributed by atoms with Crippen LogP contribution in [0.3, 0.4) is 0 Å². The van der Waals surface area contributed by atoms with E-state index in [4.69, 9.17) is 10.3 Å². The minimum atomic E-state index is 0. The van der Waals surface area contributed by atoms with Crippen molar-refractivity contribution in [2.45, 2.75) is 26.3 Å². The maximum Gasteiger partial charge on any atom is 0.133 e. The molecule has 92 valence electrons. The Morgan fingerprint density at radius 2 is 2.44 bits per heavy atom. The first kappa shape index (κ1) is 13.5. The standard InChI is InChI=1S/C11H19N3O.ClH/c1-9-5-11(13-15-9)8-14-4-2-3-10(6-12)7-14;/h5,10H,2-4,6-8,12H2,1H3;1H. The fraction of sp³-hybridized carbons (Fsp3) is 0.727. The first-order chi connectivity index (χ1) is 7.28. The van der Waals surface area contributed by atoms with Gasteiger partial charge in [-0.2, -0.15) is 0 Å². The lowest BCUT2D eigenvalue weighted by molar-refractivity contribution is 0.167. The summed E-state index contributed by atoms with van der Waals surface area (Å²) in [5.41, 5.74) is 6.73. The summed E-state index contributed by atoms with van der Waals surface area (Å²) < 4.78 is 5.06. The molecular formula is C11H20ClN3O. The molecule has 0 spiro atoms. The molecule has 4 nitrogen and oxygen atoms in total. The van der Waals surface area contributed by atoms with Gasteiger partial charge in [-0.25, -0.2) is 0 Å². The monoisotopic (exact) mass is 245 g/mol. The van der Waals surface area contributed by atoms with Gasteiger partial charge in [0.1, 0.15) is 5.76 Å². The molecule has 1 aliphatic heterocycles. The second-order valence-corrected chi connectivity index (χ2v) is 4.41. The van der Waals surface area contributed by atoms with Crippen molar-refractivity contribution < 1.29 is 4.52 Å². The summed E-state index contributed by atoms with van der Waals surface area (Å²) in [6, 6.07) is 2.01. The third-order valence-corrected chi connectivity index (χ3v) is 3.00. The van der Waals surface area contributed by atoms with Crippen LogP contribution >= 0.6 is 12.4 Å². The van der Waals surface area contributed by atoms with Crippen molar-refractivity contribution in [3.05, 3.63) is 17.5 Å². The number of hydrogen-bond donors (Lipinski definition) is 1. The first-order valence-corrected chi connectivity index (χ1v) is 5.62. The number of halogens is 1. The van der Waals surface area contributed by atoms with Crippen molar-refractivity contribution in [3.8, 4) is 0 Å². The Balaban J connectivity index is 0.00000128. The van der Waals surface area contributed by atoms with Crippen molar-refractivity contribution in [3.63, 3.8) is 0 Å². The van der Waals surface area contributed by atoms with Gasteiger partial charge in [0.25, 0.3) is 0 Å². The normalized spacial score (nSPS) is 21.8. The summed E-state index contributed by atoms with van der Waals surface area (Å²) in [5.74, 6) is 1.55. The third kappa shape index (κ3) is 3.47. The van der Waals surface area contributed by atoms with Crippen molar-refractivity contribution in [1.29, 1.82) is 0 Å². The summed E-state index contributed by atoms with van der Waals surface area (Å²) in [6.07, 6.45) is 2.52. The highest BCUT2D eigenvalue weighted by molar-refractivity contribution is 5.85. The number of hydrogen-bond acceptors (Lipinski definition) is 4. The van der Waals surface area contributed by atoms with Crippen LogP contribution in [0.15, 0.2) is 10.6 Å². The molecule has 1 aromatic heterocycles. The van der Waals surface area contributed by atoms with Crippen molar-refractivity contribution in [2.75, 3.05) is 19.6 Å². The predicted molar refractivity (Wildman–Crippen MR) is 65.5 cm³/mol. The number of piperidine rings is 1. The molecule has 1 fully saturated rings.